The molecule has 1 nitrogen and oxygen atoms in total. The molecule has 0 N–H and O–H groups in total. The number of benzene rings is 1. The van der Waals surface area contributed by atoms with Gasteiger partial charge in [-0.15, -0.1) is 0 Å². The van der Waals surface area contributed by atoms with Crippen LogP contribution in [-0.2, 0) is 4.43 Å². The lowest BCUT2D eigenvalue weighted by molar-refractivity contribution is 0.0848. The van der Waals surface area contributed by atoms with Crippen molar-refractivity contribution in [3.05, 3.63) is 35.4 Å². The second-order valence-corrected chi connectivity index (χ2v) is 15.3. The van der Waals surface area contributed by atoms with Crippen LogP contribution in [0.3, 0.4) is 0 Å². The van der Waals surface area contributed by atoms with Gasteiger partial charge in [-0.05, 0) is 70.7 Å². The molecule has 3 aliphatic carbocycles. The van der Waals surface area contributed by atoms with Crippen molar-refractivity contribution in [1.82, 2.24) is 0 Å². The summed E-state index contributed by atoms with van der Waals surface area (Å²) in [7, 11) is -1.85. The maximum absolute atomic E-state index is 7.42. The van der Waals surface area contributed by atoms with E-state index < -0.39 is 8.32 Å². The van der Waals surface area contributed by atoms with Crippen LogP contribution >= 0.6 is 0 Å². The third-order valence-corrected chi connectivity index (χ3v) is 14.1. The highest BCUT2D eigenvalue weighted by atomic mass is 28.4. The lowest BCUT2D eigenvalue weighted by Gasteiger charge is -2.46. The Hall–Kier alpha value is -0.603. The standard InChI is InChI=1S/C23H36OSi/c1-14(2)25(15(3)4,16(5)6)24-23-20-10-8-7-9-19(20)21-17-11-12-18(13-17)22(21)23/h7-10,14-18,21-23H,11-13H2,1-6H3/t17?,18?,21-,22-,23+/m1/s1. The van der Waals surface area contributed by atoms with Gasteiger partial charge in [0, 0.05) is 0 Å². The fourth-order valence-corrected chi connectivity index (χ4v) is 12.8. The third-order valence-electron chi connectivity index (χ3n) is 8.03. The molecule has 0 saturated heterocycles. The number of hydrogen-bond acceptors (Lipinski definition) is 1. The second kappa shape index (κ2) is 6.23. The summed E-state index contributed by atoms with van der Waals surface area (Å²) in [6.45, 7) is 14.5. The first kappa shape index (κ1) is 17.8. The van der Waals surface area contributed by atoms with Crippen molar-refractivity contribution in [1.29, 1.82) is 0 Å². The first-order chi connectivity index (χ1) is 11.9. The molecule has 2 heteroatoms. The van der Waals surface area contributed by atoms with Crippen LogP contribution in [0.2, 0.25) is 16.6 Å². The Morgan fingerprint density at radius 3 is 2.00 bits per heavy atom. The molecule has 138 valence electrons. The van der Waals surface area contributed by atoms with Crippen LogP contribution in [0.4, 0.5) is 0 Å². The normalized spacial score (nSPS) is 33.6. The van der Waals surface area contributed by atoms with E-state index in [0.717, 1.165) is 23.7 Å². The van der Waals surface area contributed by atoms with Crippen LogP contribution in [0.25, 0.3) is 0 Å². The van der Waals surface area contributed by atoms with Gasteiger partial charge in [-0.25, -0.2) is 0 Å². The van der Waals surface area contributed by atoms with Gasteiger partial charge in [0.25, 0.3) is 0 Å². The average molecular weight is 357 g/mol. The van der Waals surface area contributed by atoms with E-state index in [1.807, 2.05) is 0 Å². The van der Waals surface area contributed by atoms with E-state index in [2.05, 4.69) is 65.8 Å². The van der Waals surface area contributed by atoms with Crippen molar-refractivity contribution in [2.24, 2.45) is 17.8 Å². The molecule has 0 radical (unpaired) electrons. The first-order valence-corrected chi connectivity index (χ1v) is 12.8. The maximum atomic E-state index is 7.42. The number of hydrogen-bond donors (Lipinski definition) is 0. The fourth-order valence-electron chi connectivity index (χ4n) is 7.28. The molecule has 2 bridgehead atoms. The molecule has 25 heavy (non-hydrogen) atoms. The van der Waals surface area contributed by atoms with Crippen molar-refractivity contribution < 1.29 is 4.43 Å². The zero-order chi connectivity index (χ0) is 17.9. The van der Waals surface area contributed by atoms with Gasteiger partial charge in [-0.3, -0.25) is 0 Å². The van der Waals surface area contributed by atoms with E-state index >= 15 is 0 Å². The largest absolute Gasteiger partial charge is 0.409 e. The van der Waals surface area contributed by atoms with Crippen LogP contribution in [0, 0.1) is 17.8 Å². The second-order valence-electron chi connectivity index (χ2n) is 9.92. The summed E-state index contributed by atoms with van der Waals surface area (Å²) in [6.07, 6.45) is 4.73. The lowest BCUT2D eigenvalue weighted by Crippen LogP contribution is -2.49. The molecule has 4 rings (SSSR count). The zero-order valence-electron chi connectivity index (χ0n) is 17.0. The zero-order valence-corrected chi connectivity index (χ0v) is 18.0. The van der Waals surface area contributed by atoms with Crippen LogP contribution in [0.1, 0.15) is 84.0 Å². The molecule has 3 aliphatic rings. The molecule has 2 unspecified atom stereocenters. The minimum Gasteiger partial charge on any atom is -0.409 e. The Balaban J connectivity index is 1.76. The molecule has 2 fully saturated rings. The van der Waals surface area contributed by atoms with Gasteiger partial charge < -0.3 is 4.43 Å². The van der Waals surface area contributed by atoms with Crippen LogP contribution in [0.5, 0.6) is 0 Å². The highest BCUT2D eigenvalue weighted by molar-refractivity contribution is 6.77. The summed E-state index contributed by atoms with van der Waals surface area (Å²) >= 11 is 0. The molecule has 0 spiro atoms. The van der Waals surface area contributed by atoms with Crippen molar-refractivity contribution in [3.63, 3.8) is 0 Å². The van der Waals surface area contributed by atoms with E-state index in [-0.39, 0.29) is 0 Å². The average Bonchev–Trinajstić information content (AvgIpc) is 3.23. The Kier molecular flexibility index (Phi) is 4.44. The van der Waals surface area contributed by atoms with Crippen LogP contribution in [0.15, 0.2) is 24.3 Å². The molecule has 2 saturated carbocycles. The molecule has 0 amide bonds. The SMILES string of the molecule is CC(C)[Si](O[C@H]1c2ccccc2[C@H]2C3CCC(C3)[C@@H]12)(C(C)C)C(C)C. The topological polar surface area (TPSA) is 9.23 Å². The number of fused-ring (bicyclic) bond motifs is 7. The highest BCUT2D eigenvalue weighted by Gasteiger charge is 2.58. The lowest BCUT2D eigenvalue weighted by atomic mass is 9.79. The van der Waals surface area contributed by atoms with E-state index in [0.29, 0.717) is 22.7 Å². The highest BCUT2D eigenvalue weighted by Crippen LogP contribution is 2.66. The van der Waals surface area contributed by atoms with E-state index in [9.17, 15) is 0 Å². The van der Waals surface area contributed by atoms with Gasteiger partial charge in [0.2, 0.25) is 8.32 Å². The summed E-state index contributed by atoms with van der Waals surface area (Å²) < 4.78 is 7.42. The molecule has 1 aromatic carbocycles. The van der Waals surface area contributed by atoms with E-state index in [4.69, 9.17) is 4.43 Å². The van der Waals surface area contributed by atoms with Crippen LogP contribution in [-0.4, -0.2) is 8.32 Å². The van der Waals surface area contributed by atoms with Gasteiger partial charge in [0.15, 0.2) is 0 Å². The predicted molar refractivity (Wildman–Crippen MR) is 108 cm³/mol. The Labute approximate surface area is 155 Å². The minimum absolute atomic E-state index is 0.371. The fraction of sp³-hybridized carbons (Fsp3) is 0.739. The third kappa shape index (κ3) is 2.43. The van der Waals surface area contributed by atoms with Gasteiger partial charge >= 0.3 is 0 Å². The smallest absolute Gasteiger partial charge is 0.201 e. The van der Waals surface area contributed by atoms with Crippen molar-refractivity contribution >= 4 is 8.32 Å². The van der Waals surface area contributed by atoms with Gasteiger partial charge in [0.1, 0.15) is 0 Å². The summed E-state index contributed by atoms with van der Waals surface area (Å²) in [4.78, 5) is 0. The monoisotopic (exact) mass is 356 g/mol. The Bertz CT molecular complexity index is 613. The molecule has 1 aromatic rings. The summed E-state index contributed by atoms with van der Waals surface area (Å²) in [5.41, 5.74) is 5.18. The minimum atomic E-state index is -1.85. The van der Waals surface area contributed by atoms with Crippen molar-refractivity contribution in [2.75, 3.05) is 0 Å². The van der Waals surface area contributed by atoms with E-state index in [1.165, 1.54) is 19.3 Å². The summed E-state index contributed by atoms with van der Waals surface area (Å²) in [5, 5.41) is 0. The molecule has 0 aliphatic heterocycles. The molecular formula is C23H36OSi. The van der Waals surface area contributed by atoms with Crippen molar-refractivity contribution in [2.45, 2.75) is 89.5 Å². The first-order valence-electron chi connectivity index (χ1n) is 10.6. The summed E-state index contributed by atoms with van der Waals surface area (Å²) in [6, 6.07) is 9.29. The predicted octanol–water partition coefficient (Wildman–Crippen LogP) is 7.06. The number of rotatable bonds is 5. The molecule has 5 atom stereocenters. The van der Waals surface area contributed by atoms with Gasteiger partial charge in [-0.1, -0.05) is 65.8 Å². The Morgan fingerprint density at radius 2 is 1.40 bits per heavy atom. The van der Waals surface area contributed by atoms with Gasteiger partial charge in [0.05, 0.1) is 6.10 Å². The summed E-state index contributed by atoms with van der Waals surface area (Å²) in [5.74, 6) is 3.39. The quantitative estimate of drug-likeness (QED) is 0.513. The Morgan fingerprint density at radius 1 is 0.840 bits per heavy atom. The maximum Gasteiger partial charge on any atom is 0.201 e. The van der Waals surface area contributed by atoms with Gasteiger partial charge in [-0.2, -0.15) is 0 Å². The van der Waals surface area contributed by atoms with Crippen LogP contribution < -0.4 is 0 Å². The van der Waals surface area contributed by atoms with E-state index in [1.54, 1.807) is 11.1 Å². The molecule has 0 heterocycles. The molecular weight excluding hydrogens is 320 g/mol. The van der Waals surface area contributed by atoms with Crippen molar-refractivity contribution in [3.8, 4) is 0 Å². The molecule has 0 aromatic heterocycles.